The minimum atomic E-state index is -0.838. The van der Waals surface area contributed by atoms with E-state index in [4.69, 9.17) is 5.73 Å². The maximum absolute atomic E-state index is 12.4. The molecule has 1 saturated heterocycles. The summed E-state index contributed by atoms with van der Waals surface area (Å²) in [5, 5.41) is 0. The lowest BCUT2D eigenvalue weighted by atomic mass is 10.3. The van der Waals surface area contributed by atoms with Gasteiger partial charge in [0.2, 0.25) is 5.91 Å². The first-order chi connectivity index (χ1) is 4.74. The van der Waals surface area contributed by atoms with Crippen molar-refractivity contribution >= 4 is 5.91 Å². The van der Waals surface area contributed by atoms with E-state index < -0.39 is 6.17 Å². The van der Waals surface area contributed by atoms with Gasteiger partial charge >= 0.3 is 0 Å². The Morgan fingerprint density at radius 1 is 1.80 bits per heavy atom. The third-order valence-electron chi connectivity index (χ3n) is 1.66. The number of hydrogen-bond donors (Lipinski definition) is 1. The van der Waals surface area contributed by atoms with Crippen LogP contribution in [0.5, 0.6) is 0 Å². The van der Waals surface area contributed by atoms with Crippen molar-refractivity contribution in [2.24, 2.45) is 5.73 Å². The summed E-state index contributed by atoms with van der Waals surface area (Å²) in [5.41, 5.74) is 5.08. The van der Waals surface area contributed by atoms with E-state index in [1.54, 1.807) is 0 Å². The molecule has 0 aromatic carbocycles. The van der Waals surface area contributed by atoms with Gasteiger partial charge in [-0.1, -0.05) is 0 Å². The van der Waals surface area contributed by atoms with E-state index in [-0.39, 0.29) is 19.0 Å². The first-order valence-corrected chi connectivity index (χ1v) is 3.36. The van der Waals surface area contributed by atoms with Crippen LogP contribution in [0.2, 0.25) is 0 Å². The average molecular weight is 146 g/mol. The van der Waals surface area contributed by atoms with Crippen molar-refractivity contribution in [3.05, 3.63) is 0 Å². The van der Waals surface area contributed by atoms with Crippen molar-refractivity contribution in [2.75, 3.05) is 19.6 Å². The molecule has 0 radical (unpaired) electrons. The van der Waals surface area contributed by atoms with Crippen LogP contribution in [0.4, 0.5) is 4.39 Å². The second-order valence-electron chi connectivity index (χ2n) is 2.43. The van der Waals surface area contributed by atoms with Crippen molar-refractivity contribution in [1.29, 1.82) is 0 Å². The molecule has 0 spiro atoms. The van der Waals surface area contributed by atoms with Gasteiger partial charge in [0.25, 0.3) is 0 Å². The maximum atomic E-state index is 12.4. The zero-order chi connectivity index (χ0) is 7.56. The van der Waals surface area contributed by atoms with E-state index in [9.17, 15) is 9.18 Å². The Balaban J connectivity index is 2.37. The summed E-state index contributed by atoms with van der Waals surface area (Å²) in [5.74, 6) is -0.153. The molecule has 0 unspecified atom stereocenters. The maximum Gasteiger partial charge on any atom is 0.236 e. The lowest BCUT2D eigenvalue weighted by molar-refractivity contribution is -0.128. The quantitative estimate of drug-likeness (QED) is 0.543. The Kier molecular flexibility index (Phi) is 2.21. The molecule has 1 amide bonds. The molecule has 1 fully saturated rings. The van der Waals surface area contributed by atoms with Gasteiger partial charge in [-0.25, -0.2) is 4.39 Å². The number of amides is 1. The van der Waals surface area contributed by atoms with Crippen LogP contribution in [0.15, 0.2) is 0 Å². The van der Waals surface area contributed by atoms with Crippen LogP contribution in [0.1, 0.15) is 6.42 Å². The van der Waals surface area contributed by atoms with E-state index in [2.05, 4.69) is 0 Å². The van der Waals surface area contributed by atoms with Crippen molar-refractivity contribution < 1.29 is 9.18 Å². The second kappa shape index (κ2) is 2.96. The van der Waals surface area contributed by atoms with Gasteiger partial charge in [-0.2, -0.15) is 0 Å². The molecule has 0 aromatic heterocycles. The largest absolute Gasteiger partial charge is 0.339 e. The highest BCUT2D eigenvalue weighted by Crippen LogP contribution is 2.11. The molecule has 1 rings (SSSR count). The monoisotopic (exact) mass is 146 g/mol. The fourth-order valence-corrected chi connectivity index (χ4v) is 1.07. The summed E-state index contributed by atoms with van der Waals surface area (Å²) in [6.45, 7) is 0.750. The molecule has 0 aliphatic carbocycles. The SMILES string of the molecule is NCC(=O)N1CC[C@@H](F)C1. The van der Waals surface area contributed by atoms with Gasteiger partial charge < -0.3 is 10.6 Å². The Labute approximate surface area is 59.0 Å². The van der Waals surface area contributed by atoms with Crippen LogP contribution in [-0.4, -0.2) is 36.6 Å². The molecule has 4 heteroatoms. The number of carbonyl (C=O) groups is 1. The van der Waals surface area contributed by atoms with Crippen LogP contribution in [-0.2, 0) is 4.79 Å². The first kappa shape index (κ1) is 7.47. The van der Waals surface area contributed by atoms with Gasteiger partial charge in [-0.15, -0.1) is 0 Å². The lowest BCUT2D eigenvalue weighted by Crippen LogP contribution is -2.34. The number of hydrogen-bond acceptors (Lipinski definition) is 2. The van der Waals surface area contributed by atoms with Crippen molar-refractivity contribution in [3.8, 4) is 0 Å². The van der Waals surface area contributed by atoms with Gasteiger partial charge in [-0.3, -0.25) is 4.79 Å². The number of likely N-dealkylation sites (tertiary alicyclic amines) is 1. The Morgan fingerprint density at radius 2 is 2.50 bits per heavy atom. The zero-order valence-corrected chi connectivity index (χ0v) is 5.72. The fourth-order valence-electron chi connectivity index (χ4n) is 1.07. The minimum absolute atomic E-state index is 0.00722. The molecule has 10 heavy (non-hydrogen) atoms. The molecule has 1 atom stereocenters. The van der Waals surface area contributed by atoms with Crippen molar-refractivity contribution in [1.82, 2.24) is 4.90 Å². The third kappa shape index (κ3) is 1.44. The number of carbonyl (C=O) groups excluding carboxylic acids is 1. The van der Waals surface area contributed by atoms with Gasteiger partial charge in [0, 0.05) is 6.54 Å². The van der Waals surface area contributed by atoms with Crippen LogP contribution < -0.4 is 5.73 Å². The van der Waals surface area contributed by atoms with Gasteiger partial charge in [0.05, 0.1) is 13.1 Å². The molecule has 58 valence electrons. The molecule has 1 aliphatic rings. The summed E-state index contributed by atoms with van der Waals surface area (Å²) in [4.78, 5) is 12.3. The summed E-state index contributed by atoms with van der Waals surface area (Å²) in [6.07, 6.45) is -0.373. The summed E-state index contributed by atoms with van der Waals surface area (Å²) in [7, 11) is 0. The molecule has 0 saturated carbocycles. The number of rotatable bonds is 1. The van der Waals surface area contributed by atoms with Crippen LogP contribution in [0, 0.1) is 0 Å². The van der Waals surface area contributed by atoms with Crippen LogP contribution >= 0.6 is 0 Å². The highest BCUT2D eigenvalue weighted by molar-refractivity contribution is 5.78. The molecule has 0 aromatic rings. The molecular weight excluding hydrogens is 135 g/mol. The fraction of sp³-hybridized carbons (Fsp3) is 0.833. The first-order valence-electron chi connectivity index (χ1n) is 3.36. The van der Waals surface area contributed by atoms with E-state index in [0.717, 1.165) is 0 Å². The molecular formula is C6H11FN2O. The highest BCUT2D eigenvalue weighted by atomic mass is 19.1. The second-order valence-corrected chi connectivity index (χ2v) is 2.43. The number of alkyl halides is 1. The molecule has 2 N–H and O–H groups in total. The predicted octanol–water partition coefficient (Wildman–Crippen LogP) is -0.484. The van der Waals surface area contributed by atoms with Crippen molar-refractivity contribution in [2.45, 2.75) is 12.6 Å². The Bertz CT molecular complexity index is 140. The van der Waals surface area contributed by atoms with Gasteiger partial charge in [0.1, 0.15) is 6.17 Å². The molecule has 1 heterocycles. The van der Waals surface area contributed by atoms with E-state index in [1.165, 1.54) is 4.90 Å². The van der Waals surface area contributed by atoms with E-state index in [1.807, 2.05) is 0 Å². The third-order valence-corrected chi connectivity index (χ3v) is 1.66. The summed E-state index contributed by atoms with van der Waals surface area (Å²) < 4.78 is 12.4. The predicted molar refractivity (Wildman–Crippen MR) is 35.1 cm³/mol. The normalized spacial score (nSPS) is 25.4. The molecule has 3 nitrogen and oxygen atoms in total. The highest BCUT2D eigenvalue weighted by Gasteiger charge is 2.24. The minimum Gasteiger partial charge on any atom is -0.339 e. The van der Waals surface area contributed by atoms with Crippen LogP contribution in [0.3, 0.4) is 0 Å². The lowest BCUT2D eigenvalue weighted by Gasteiger charge is -2.12. The number of nitrogens with zero attached hydrogens (tertiary/aromatic N) is 1. The average Bonchev–Trinajstić information content (AvgIpc) is 2.34. The Hall–Kier alpha value is -0.640. The molecule has 0 bridgehead atoms. The van der Waals surface area contributed by atoms with Gasteiger partial charge in [0.15, 0.2) is 0 Å². The van der Waals surface area contributed by atoms with E-state index in [0.29, 0.717) is 13.0 Å². The number of halogens is 1. The zero-order valence-electron chi connectivity index (χ0n) is 5.72. The smallest absolute Gasteiger partial charge is 0.236 e. The van der Waals surface area contributed by atoms with E-state index >= 15 is 0 Å². The van der Waals surface area contributed by atoms with Crippen molar-refractivity contribution in [3.63, 3.8) is 0 Å². The Morgan fingerprint density at radius 3 is 2.90 bits per heavy atom. The van der Waals surface area contributed by atoms with Gasteiger partial charge in [-0.05, 0) is 6.42 Å². The summed E-state index contributed by atoms with van der Waals surface area (Å²) >= 11 is 0. The summed E-state index contributed by atoms with van der Waals surface area (Å²) in [6, 6.07) is 0. The number of nitrogens with two attached hydrogens (primary N) is 1. The standard InChI is InChI=1S/C6H11FN2O/c7-5-1-2-9(4-5)6(10)3-8/h5H,1-4,8H2/t5-/m1/s1. The molecule has 1 aliphatic heterocycles. The van der Waals surface area contributed by atoms with Crippen LogP contribution in [0.25, 0.3) is 0 Å². The topological polar surface area (TPSA) is 46.3 Å².